The first-order chi connectivity index (χ1) is 8.58. The molecule has 98 valence electrons. The molecular formula is C12H15F2N3O. The van der Waals surface area contributed by atoms with Crippen molar-refractivity contribution in [3.63, 3.8) is 0 Å². The van der Waals surface area contributed by atoms with E-state index in [4.69, 9.17) is 0 Å². The van der Waals surface area contributed by atoms with Crippen molar-refractivity contribution in [1.82, 2.24) is 10.2 Å². The molecule has 2 amide bonds. The molecule has 18 heavy (non-hydrogen) atoms. The number of halogens is 2. The Morgan fingerprint density at radius 1 is 1.50 bits per heavy atom. The fourth-order valence-corrected chi connectivity index (χ4v) is 1.92. The fourth-order valence-electron chi connectivity index (χ4n) is 1.92. The Hall–Kier alpha value is -1.69. The molecule has 0 bridgehead atoms. The normalized spacial score (nSPS) is 19.7. The van der Waals surface area contributed by atoms with Crippen molar-refractivity contribution in [2.45, 2.75) is 13.0 Å². The van der Waals surface area contributed by atoms with E-state index >= 15 is 0 Å². The first-order valence-electron chi connectivity index (χ1n) is 5.81. The average Bonchev–Trinajstić information content (AvgIpc) is 2.33. The summed E-state index contributed by atoms with van der Waals surface area (Å²) in [4.78, 5) is 13.6. The topological polar surface area (TPSA) is 44.4 Å². The van der Waals surface area contributed by atoms with Crippen LogP contribution in [0.4, 0.5) is 19.3 Å². The number of hydrogen-bond donors (Lipinski definition) is 2. The van der Waals surface area contributed by atoms with Crippen LogP contribution in [0.25, 0.3) is 0 Å². The average molecular weight is 255 g/mol. The summed E-state index contributed by atoms with van der Waals surface area (Å²) in [6.07, 6.45) is 0. The molecule has 0 saturated carbocycles. The molecule has 2 rings (SSSR count). The summed E-state index contributed by atoms with van der Waals surface area (Å²) in [7, 11) is 0. The van der Waals surface area contributed by atoms with E-state index in [0.717, 1.165) is 12.1 Å². The molecule has 1 saturated heterocycles. The summed E-state index contributed by atoms with van der Waals surface area (Å²) in [5.74, 6) is -1.44. The molecule has 0 aliphatic carbocycles. The molecule has 1 aromatic carbocycles. The second kappa shape index (κ2) is 5.30. The molecule has 2 N–H and O–H groups in total. The van der Waals surface area contributed by atoms with Gasteiger partial charge >= 0.3 is 6.03 Å². The highest BCUT2D eigenvalue weighted by Gasteiger charge is 2.23. The van der Waals surface area contributed by atoms with E-state index in [0.29, 0.717) is 19.6 Å². The minimum absolute atomic E-state index is 0.00728. The quantitative estimate of drug-likeness (QED) is 0.803. The van der Waals surface area contributed by atoms with Crippen molar-refractivity contribution in [2.75, 3.05) is 25.0 Å². The number of amides is 2. The predicted octanol–water partition coefficient (Wildman–Crippen LogP) is 1.79. The molecule has 0 unspecified atom stereocenters. The second-order valence-electron chi connectivity index (χ2n) is 4.30. The van der Waals surface area contributed by atoms with Crippen LogP contribution in [0, 0.1) is 11.6 Å². The Morgan fingerprint density at radius 3 is 2.94 bits per heavy atom. The van der Waals surface area contributed by atoms with Gasteiger partial charge < -0.3 is 15.5 Å². The van der Waals surface area contributed by atoms with E-state index < -0.39 is 11.6 Å². The Balaban J connectivity index is 2.06. The summed E-state index contributed by atoms with van der Waals surface area (Å²) in [6.45, 7) is 3.89. The van der Waals surface area contributed by atoms with E-state index in [1.807, 2.05) is 6.92 Å². The van der Waals surface area contributed by atoms with Crippen LogP contribution in [-0.2, 0) is 0 Å². The second-order valence-corrected chi connectivity index (χ2v) is 4.30. The minimum Gasteiger partial charge on any atom is -0.319 e. The summed E-state index contributed by atoms with van der Waals surface area (Å²) in [5.41, 5.74) is -0.00728. The van der Waals surface area contributed by atoms with Crippen molar-refractivity contribution >= 4 is 11.7 Å². The Kier molecular flexibility index (Phi) is 3.76. The Morgan fingerprint density at radius 2 is 2.28 bits per heavy atom. The summed E-state index contributed by atoms with van der Waals surface area (Å²) in [5, 5.41) is 5.61. The molecular weight excluding hydrogens is 240 g/mol. The molecule has 6 heteroatoms. The number of nitrogens with zero attached hydrogens (tertiary/aromatic N) is 1. The molecule has 1 fully saturated rings. The number of carbonyl (C=O) groups excluding carboxylic acids is 1. The van der Waals surface area contributed by atoms with Crippen molar-refractivity contribution < 1.29 is 13.6 Å². The summed E-state index contributed by atoms with van der Waals surface area (Å²) < 4.78 is 26.1. The lowest BCUT2D eigenvalue weighted by atomic mass is 10.2. The molecule has 1 aliphatic heterocycles. The van der Waals surface area contributed by atoms with Gasteiger partial charge in [0.05, 0.1) is 5.69 Å². The lowest BCUT2D eigenvalue weighted by Gasteiger charge is -2.33. The van der Waals surface area contributed by atoms with Crippen LogP contribution < -0.4 is 10.6 Å². The smallest absolute Gasteiger partial charge is 0.319 e. The zero-order valence-electron chi connectivity index (χ0n) is 10.0. The Labute approximate surface area is 104 Å². The molecule has 1 aromatic rings. The van der Waals surface area contributed by atoms with Gasteiger partial charge in [-0.3, -0.25) is 0 Å². The third-order valence-corrected chi connectivity index (χ3v) is 2.93. The van der Waals surface area contributed by atoms with Crippen LogP contribution in [0.2, 0.25) is 0 Å². The van der Waals surface area contributed by atoms with E-state index in [1.165, 1.54) is 6.07 Å². The largest absolute Gasteiger partial charge is 0.322 e. The van der Waals surface area contributed by atoms with Gasteiger partial charge in [0.15, 0.2) is 0 Å². The van der Waals surface area contributed by atoms with Crippen LogP contribution >= 0.6 is 0 Å². The van der Waals surface area contributed by atoms with Crippen molar-refractivity contribution in [3.8, 4) is 0 Å². The molecule has 0 aromatic heterocycles. The van der Waals surface area contributed by atoms with Crippen LogP contribution in [0.5, 0.6) is 0 Å². The van der Waals surface area contributed by atoms with Gasteiger partial charge in [-0.05, 0) is 19.1 Å². The lowest BCUT2D eigenvalue weighted by Crippen LogP contribution is -2.53. The maximum Gasteiger partial charge on any atom is 0.322 e. The maximum atomic E-state index is 13.4. The van der Waals surface area contributed by atoms with Crippen molar-refractivity contribution in [2.24, 2.45) is 0 Å². The third kappa shape index (κ3) is 2.76. The number of urea groups is 1. The maximum absolute atomic E-state index is 13.4. The molecule has 1 aliphatic rings. The van der Waals surface area contributed by atoms with Crippen LogP contribution in [-0.4, -0.2) is 36.6 Å². The molecule has 1 heterocycles. The fraction of sp³-hybridized carbons (Fsp3) is 0.417. The van der Waals surface area contributed by atoms with Gasteiger partial charge in [0.1, 0.15) is 11.6 Å². The minimum atomic E-state index is -0.772. The monoisotopic (exact) mass is 255 g/mol. The first-order valence-corrected chi connectivity index (χ1v) is 5.81. The first kappa shape index (κ1) is 12.8. The van der Waals surface area contributed by atoms with Gasteiger partial charge in [-0.25, -0.2) is 13.6 Å². The van der Waals surface area contributed by atoms with Gasteiger partial charge in [-0.2, -0.15) is 0 Å². The highest BCUT2D eigenvalue weighted by atomic mass is 19.1. The number of rotatable bonds is 1. The number of piperazine rings is 1. The van der Waals surface area contributed by atoms with Crippen molar-refractivity contribution in [1.29, 1.82) is 0 Å². The highest BCUT2D eigenvalue weighted by Crippen LogP contribution is 2.16. The number of benzene rings is 1. The van der Waals surface area contributed by atoms with Crippen LogP contribution in [0.15, 0.2) is 18.2 Å². The van der Waals surface area contributed by atoms with E-state index in [9.17, 15) is 13.6 Å². The van der Waals surface area contributed by atoms with Crippen LogP contribution in [0.3, 0.4) is 0 Å². The predicted molar refractivity (Wildman–Crippen MR) is 64.4 cm³/mol. The molecule has 0 spiro atoms. The van der Waals surface area contributed by atoms with E-state index in [1.54, 1.807) is 4.90 Å². The number of nitrogens with one attached hydrogen (secondary N) is 2. The van der Waals surface area contributed by atoms with E-state index in [2.05, 4.69) is 10.6 Å². The highest BCUT2D eigenvalue weighted by molar-refractivity contribution is 5.89. The van der Waals surface area contributed by atoms with Gasteiger partial charge in [0.25, 0.3) is 0 Å². The zero-order chi connectivity index (χ0) is 13.1. The van der Waals surface area contributed by atoms with Gasteiger partial charge in [0, 0.05) is 31.7 Å². The summed E-state index contributed by atoms with van der Waals surface area (Å²) >= 11 is 0. The number of anilines is 1. The standard InChI is InChI=1S/C12H15F2N3O/c1-8-7-15-4-5-17(8)12(18)16-11-3-2-9(13)6-10(11)14/h2-3,6,8,15H,4-5,7H2,1H3,(H,16,18)/t8-/m1/s1. The molecule has 1 atom stereocenters. The third-order valence-electron chi connectivity index (χ3n) is 2.93. The van der Waals surface area contributed by atoms with Crippen LogP contribution in [0.1, 0.15) is 6.92 Å². The van der Waals surface area contributed by atoms with Gasteiger partial charge in [0.2, 0.25) is 0 Å². The summed E-state index contributed by atoms with van der Waals surface area (Å²) in [6, 6.07) is 2.75. The van der Waals surface area contributed by atoms with E-state index in [-0.39, 0.29) is 17.8 Å². The Bertz CT molecular complexity index is 453. The van der Waals surface area contributed by atoms with Crippen molar-refractivity contribution in [3.05, 3.63) is 29.8 Å². The van der Waals surface area contributed by atoms with Gasteiger partial charge in [-0.1, -0.05) is 0 Å². The molecule has 4 nitrogen and oxygen atoms in total. The SMILES string of the molecule is C[C@@H]1CNCCN1C(=O)Nc1ccc(F)cc1F. The number of hydrogen-bond acceptors (Lipinski definition) is 2. The molecule has 0 radical (unpaired) electrons. The van der Waals surface area contributed by atoms with Gasteiger partial charge in [-0.15, -0.1) is 0 Å². The zero-order valence-corrected chi connectivity index (χ0v) is 10.0. The number of carbonyl (C=O) groups is 1. The lowest BCUT2D eigenvalue weighted by molar-refractivity contribution is 0.177.